The van der Waals surface area contributed by atoms with Gasteiger partial charge in [0.1, 0.15) is 0 Å². The predicted octanol–water partition coefficient (Wildman–Crippen LogP) is 1.54. The van der Waals surface area contributed by atoms with E-state index < -0.39 is 24.0 Å². The van der Waals surface area contributed by atoms with Gasteiger partial charge in [-0.15, -0.1) is 0 Å². The normalized spacial score (nSPS) is 12.3. The summed E-state index contributed by atoms with van der Waals surface area (Å²) in [5.41, 5.74) is 0. The molecule has 0 amide bonds. The largest absolute Gasteiger partial charge is 0.423 e. The van der Waals surface area contributed by atoms with Crippen LogP contribution in [0.1, 0.15) is 18.0 Å². The summed E-state index contributed by atoms with van der Waals surface area (Å²) in [5, 5.41) is 0. The average molecular weight is 197 g/mol. The Morgan fingerprint density at radius 3 is 2.29 bits per heavy atom. The summed E-state index contributed by atoms with van der Waals surface area (Å²) in [6.45, 7) is 2.26. The van der Waals surface area contributed by atoms with Gasteiger partial charge in [0.25, 0.3) is 0 Å². The van der Waals surface area contributed by atoms with Crippen molar-refractivity contribution < 1.29 is 23.2 Å². The van der Waals surface area contributed by atoms with Crippen molar-refractivity contribution in [2.75, 3.05) is 0 Å². The Kier molecular flexibility index (Phi) is 2.08. The van der Waals surface area contributed by atoms with Crippen molar-refractivity contribution in [1.29, 1.82) is 0 Å². The van der Waals surface area contributed by atoms with Crippen LogP contribution in [0, 0.1) is 0 Å². The smallest absolute Gasteiger partial charge is 0.308 e. The van der Waals surface area contributed by atoms with Crippen molar-refractivity contribution in [2.45, 2.75) is 13.8 Å². The monoisotopic (exact) mass is 197 g/mol. The number of benzene rings is 1. The molecule has 74 valence electrons. The first-order valence-corrected chi connectivity index (χ1v) is 3.80. The summed E-state index contributed by atoms with van der Waals surface area (Å²) < 4.78 is 31.8. The van der Waals surface area contributed by atoms with Crippen molar-refractivity contribution in [1.82, 2.24) is 0 Å². The lowest BCUT2D eigenvalue weighted by Crippen LogP contribution is -2.06. The van der Waals surface area contributed by atoms with Gasteiger partial charge in [-0.2, -0.15) is 0 Å². The second-order valence-electron chi connectivity index (χ2n) is 2.42. The summed E-state index contributed by atoms with van der Waals surface area (Å²) in [5.74, 6) is -1.91. The van der Waals surface area contributed by atoms with E-state index in [1.165, 1.54) is 0 Å². The third-order valence-electron chi connectivity index (χ3n) is 1.17. The molecule has 0 aliphatic heterocycles. The van der Waals surface area contributed by atoms with E-state index in [4.69, 9.17) is 13.6 Å². The van der Waals surface area contributed by atoms with E-state index >= 15 is 0 Å². The van der Waals surface area contributed by atoms with Crippen LogP contribution < -0.4 is 9.47 Å². The van der Waals surface area contributed by atoms with Crippen molar-refractivity contribution >= 4 is 11.9 Å². The molecular formula is C10H10O4. The zero-order valence-electron chi connectivity index (χ0n) is 10.7. The summed E-state index contributed by atoms with van der Waals surface area (Å²) >= 11 is 0. The van der Waals surface area contributed by atoms with E-state index in [-0.39, 0.29) is 17.5 Å². The van der Waals surface area contributed by atoms with Crippen LogP contribution in [0.5, 0.6) is 11.5 Å². The number of hydrogen-bond donors (Lipinski definition) is 0. The fraction of sp³-hybridized carbons (Fsp3) is 0.200. The zero-order chi connectivity index (χ0) is 13.2. The third-order valence-corrected chi connectivity index (χ3v) is 1.17. The van der Waals surface area contributed by atoms with Crippen LogP contribution in [0.2, 0.25) is 0 Å². The van der Waals surface area contributed by atoms with Gasteiger partial charge >= 0.3 is 11.9 Å². The van der Waals surface area contributed by atoms with Gasteiger partial charge < -0.3 is 9.47 Å². The van der Waals surface area contributed by atoms with Gasteiger partial charge in [-0.1, -0.05) is 12.1 Å². The molecule has 0 bridgehead atoms. The lowest BCUT2D eigenvalue weighted by molar-refractivity contribution is -0.134. The van der Waals surface area contributed by atoms with Gasteiger partial charge in [-0.05, 0) is 12.1 Å². The molecule has 0 saturated heterocycles. The molecule has 0 aliphatic carbocycles. The molecule has 0 radical (unpaired) electrons. The van der Waals surface area contributed by atoms with Crippen LogP contribution in [0.4, 0.5) is 0 Å². The molecule has 4 nitrogen and oxygen atoms in total. The van der Waals surface area contributed by atoms with Gasteiger partial charge in [0, 0.05) is 13.8 Å². The van der Waals surface area contributed by atoms with Crippen LogP contribution in [-0.2, 0) is 9.59 Å². The van der Waals surface area contributed by atoms with Gasteiger partial charge in [-0.25, -0.2) is 0 Å². The predicted molar refractivity (Wildman–Crippen MR) is 49.1 cm³/mol. The Hall–Kier alpha value is -1.84. The molecule has 14 heavy (non-hydrogen) atoms. The van der Waals surface area contributed by atoms with Gasteiger partial charge in [0.2, 0.25) is 0 Å². The van der Waals surface area contributed by atoms with E-state index in [2.05, 4.69) is 0 Å². The van der Waals surface area contributed by atoms with Crippen LogP contribution in [0.15, 0.2) is 24.2 Å². The highest BCUT2D eigenvalue weighted by Gasteiger charge is 2.07. The molecule has 0 N–H and O–H groups in total. The molecular weight excluding hydrogens is 184 g/mol. The molecule has 0 spiro atoms. The summed E-state index contributed by atoms with van der Waals surface area (Å²) in [4.78, 5) is 21.7. The van der Waals surface area contributed by atoms with Crippen molar-refractivity contribution in [3.05, 3.63) is 24.2 Å². The second-order valence-corrected chi connectivity index (χ2v) is 2.42. The molecule has 0 unspecified atom stereocenters. The first-order chi connectivity index (χ1) is 7.82. The minimum atomic E-state index is -0.705. The maximum absolute atomic E-state index is 10.8. The Bertz CT molecular complexity index is 485. The highest BCUT2D eigenvalue weighted by Crippen LogP contribution is 2.26. The van der Waals surface area contributed by atoms with Crippen molar-refractivity contribution in [3.63, 3.8) is 0 Å². The number of carbonyl (C=O) groups is 2. The number of rotatable bonds is 2. The molecule has 0 saturated carbocycles. The SMILES string of the molecule is [2H]c1cc(OC(C)=O)c(OC(C)=O)c([2H])c1[2H]. The number of hydrogen-bond acceptors (Lipinski definition) is 4. The van der Waals surface area contributed by atoms with E-state index in [9.17, 15) is 9.59 Å². The van der Waals surface area contributed by atoms with E-state index in [0.29, 0.717) is 0 Å². The summed E-state index contributed by atoms with van der Waals surface area (Å²) in [7, 11) is 0. The molecule has 0 atom stereocenters. The van der Waals surface area contributed by atoms with E-state index in [1.54, 1.807) is 0 Å². The van der Waals surface area contributed by atoms with Crippen LogP contribution >= 0.6 is 0 Å². The third kappa shape index (κ3) is 2.90. The van der Waals surface area contributed by atoms with E-state index in [0.717, 1.165) is 19.9 Å². The number of ether oxygens (including phenoxy) is 2. The van der Waals surface area contributed by atoms with Crippen LogP contribution in [-0.4, -0.2) is 11.9 Å². The maximum atomic E-state index is 10.8. The Morgan fingerprint density at radius 2 is 1.71 bits per heavy atom. The minimum Gasteiger partial charge on any atom is -0.423 e. The minimum absolute atomic E-state index is 0.210. The van der Waals surface area contributed by atoms with Crippen LogP contribution in [0.3, 0.4) is 0 Å². The van der Waals surface area contributed by atoms with E-state index in [1.807, 2.05) is 0 Å². The lowest BCUT2D eigenvalue weighted by atomic mass is 10.3. The van der Waals surface area contributed by atoms with Crippen molar-refractivity contribution in [2.24, 2.45) is 0 Å². The Balaban J connectivity index is 3.34. The number of esters is 2. The zero-order valence-corrected chi connectivity index (χ0v) is 7.71. The molecule has 0 fully saturated rings. The second kappa shape index (κ2) is 4.41. The maximum Gasteiger partial charge on any atom is 0.308 e. The summed E-state index contributed by atoms with van der Waals surface area (Å²) in [6, 6.07) is -0.108. The number of para-hydroxylation sites is 2. The van der Waals surface area contributed by atoms with Gasteiger partial charge in [0.05, 0.1) is 4.11 Å². The first kappa shape index (κ1) is 6.59. The molecule has 0 heterocycles. The molecule has 1 rings (SSSR count). The highest BCUT2D eigenvalue weighted by atomic mass is 16.6. The first-order valence-electron chi connectivity index (χ1n) is 5.30. The lowest BCUT2D eigenvalue weighted by Gasteiger charge is -2.06. The van der Waals surface area contributed by atoms with Gasteiger partial charge in [0.15, 0.2) is 11.5 Å². The standard InChI is InChI=1S/C10H10O4/c1-7(11)13-9-5-3-4-6-10(9)14-8(2)12/h3-6H,1-2H3/i3D,4D,5D. The Labute approximate surface area is 85.7 Å². The fourth-order valence-corrected chi connectivity index (χ4v) is 0.772. The quantitative estimate of drug-likeness (QED) is 0.533. The molecule has 0 aromatic heterocycles. The fourth-order valence-electron chi connectivity index (χ4n) is 0.772. The molecule has 0 aliphatic rings. The molecule has 1 aromatic carbocycles. The molecule has 4 heteroatoms. The summed E-state index contributed by atoms with van der Waals surface area (Å²) in [6.07, 6.45) is 0. The topological polar surface area (TPSA) is 52.6 Å². The molecule has 1 aromatic rings. The van der Waals surface area contributed by atoms with Crippen molar-refractivity contribution in [3.8, 4) is 11.5 Å². The number of carbonyl (C=O) groups excluding carboxylic acids is 2. The average Bonchev–Trinajstić information content (AvgIpc) is 2.20. The Morgan fingerprint density at radius 1 is 1.14 bits per heavy atom. The highest BCUT2D eigenvalue weighted by molar-refractivity contribution is 5.73. The van der Waals surface area contributed by atoms with Gasteiger partial charge in [-0.3, -0.25) is 9.59 Å². The van der Waals surface area contributed by atoms with Crippen LogP contribution in [0.25, 0.3) is 0 Å².